The van der Waals surface area contributed by atoms with Gasteiger partial charge in [-0.15, -0.1) is 0 Å². The van der Waals surface area contributed by atoms with Gasteiger partial charge in [-0.1, -0.05) is 23.2 Å². The van der Waals surface area contributed by atoms with E-state index in [-0.39, 0.29) is 11.4 Å². The summed E-state index contributed by atoms with van der Waals surface area (Å²) < 4.78 is 31.4. The predicted octanol–water partition coefficient (Wildman–Crippen LogP) is 3.65. The molecule has 0 heterocycles. The quantitative estimate of drug-likeness (QED) is 0.746. The van der Waals surface area contributed by atoms with Gasteiger partial charge in [-0.2, -0.15) is 4.31 Å². The van der Waals surface area contributed by atoms with E-state index in [2.05, 4.69) is 5.32 Å². The number of ether oxygens (including phenoxy) is 1. The highest BCUT2D eigenvalue weighted by molar-refractivity contribution is 7.89. The van der Waals surface area contributed by atoms with Gasteiger partial charge >= 0.3 is 0 Å². The fourth-order valence-electron chi connectivity index (χ4n) is 2.14. The molecule has 140 valence electrons. The van der Waals surface area contributed by atoms with Crippen molar-refractivity contribution in [2.45, 2.75) is 11.8 Å². The lowest BCUT2D eigenvalue weighted by atomic mass is 10.3. The number of nitrogens with zero attached hydrogens (tertiary/aromatic N) is 1. The summed E-state index contributed by atoms with van der Waals surface area (Å²) in [5, 5.41) is 3.47. The molecule has 0 aliphatic rings. The molecule has 0 unspecified atom stereocenters. The topological polar surface area (TPSA) is 75.7 Å². The molecule has 1 N–H and O–H groups in total. The van der Waals surface area contributed by atoms with E-state index < -0.39 is 15.9 Å². The van der Waals surface area contributed by atoms with Gasteiger partial charge in [-0.25, -0.2) is 8.42 Å². The Morgan fingerprint density at radius 2 is 1.73 bits per heavy atom. The second-order valence-electron chi connectivity index (χ2n) is 5.34. The summed E-state index contributed by atoms with van der Waals surface area (Å²) in [5.74, 6) is -0.0679. The third kappa shape index (κ3) is 5.11. The zero-order chi connectivity index (χ0) is 19.3. The Kier molecular flexibility index (Phi) is 6.88. The van der Waals surface area contributed by atoms with Gasteiger partial charge in [0.2, 0.25) is 15.9 Å². The molecule has 0 fully saturated rings. The Labute approximate surface area is 162 Å². The molecule has 0 aromatic heterocycles. The van der Waals surface area contributed by atoms with Crippen molar-refractivity contribution in [3.05, 3.63) is 52.5 Å². The number of likely N-dealkylation sites (N-methyl/N-ethyl adjacent to an activating group) is 1. The van der Waals surface area contributed by atoms with E-state index in [1.807, 2.05) is 6.92 Å². The van der Waals surface area contributed by atoms with Gasteiger partial charge in [-0.3, -0.25) is 4.79 Å². The number of carbonyl (C=O) groups excluding carboxylic acids is 1. The first-order valence-corrected chi connectivity index (χ1v) is 9.87. The Morgan fingerprint density at radius 1 is 1.12 bits per heavy atom. The largest absolute Gasteiger partial charge is 0.492 e. The Hall–Kier alpha value is -1.80. The molecule has 26 heavy (non-hydrogen) atoms. The summed E-state index contributed by atoms with van der Waals surface area (Å²) in [4.78, 5) is 12.3. The highest BCUT2D eigenvalue weighted by Crippen LogP contribution is 2.28. The minimum atomic E-state index is -3.82. The van der Waals surface area contributed by atoms with E-state index in [1.54, 1.807) is 12.1 Å². The highest BCUT2D eigenvalue weighted by Gasteiger charge is 2.23. The lowest BCUT2D eigenvalue weighted by Gasteiger charge is -2.18. The first-order valence-electron chi connectivity index (χ1n) is 7.68. The monoisotopic (exact) mass is 416 g/mol. The maximum absolute atomic E-state index is 12.5. The normalized spacial score (nSPS) is 11.4. The van der Waals surface area contributed by atoms with E-state index >= 15 is 0 Å². The van der Waals surface area contributed by atoms with Gasteiger partial charge in [0.1, 0.15) is 5.75 Å². The van der Waals surface area contributed by atoms with Gasteiger partial charge in [-0.05, 0) is 49.4 Å². The molecule has 2 aromatic carbocycles. The van der Waals surface area contributed by atoms with Crippen LogP contribution in [0, 0.1) is 0 Å². The van der Waals surface area contributed by atoms with Crippen molar-refractivity contribution in [2.24, 2.45) is 0 Å². The molecule has 0 saturated carbocycles. The van der Waals surface area contributed by atoms with E-state index in [0.717, 1.165) is 4.31 Å². The fraction of sp³-hybridized carbons (Fsp3) is 0.235. The lowest BCUT2D eigenvalue weighted by Crippen LogP contribution is -2.35. The SMILES string of the molecule is CCOc1ccc(Cl)cc1NC(=O)CN(C)S(=O)(=O)c1ccc(Cl)cc1. The van der Waals surface area contributed by atoms with Crippen LogP contribution >= 0.6 is 23.2 Å². The number of nitrogens with one attached hydrogen (secondary N) is 1. The third-order valence-corrected chi connectivity index (χ3v) is 5.71. The van der Waals surface area contributed by atoms with Crippen molar-refractivity contribution in [1.29, 1.82) is 0 Å². The molecule has 0 radical (unpaired) electrons. The van der Waals surface area contributed by atoms with Crippen molar-refractivity contribution in [3.8, 4) is 5.75 Å². The van der Waals surface area contributed by atoms with Crippen LogP contribution in [0.3, 0.4) is 0 Å². The first-order chi connectivity index (χ1) is 12.2. The Morgan fingerprint density at radius 3 is 2.35 bits per heavy atom. The summed E-state index contributed by atoms with van der Waals surface area (Å²) >= 11 is 11.7. The molecule has 2 rings (SSSR count). The van der Waals surface area contributed by atoms with Crippen molar-refractivity contribution >= 4 is 44.8 Å². The molecule has 1 amide bonds. The second-order valence-corrected chi connectivity index (χ2v) is 8.25. The zero-order valence-corrected chi connectivity index (χ0v) is 16.5. The number of hydrogen-bond acceptors (Lipinski definition) is 4. The van der Waals surface area contributed by atoms with Crippen molar-refractivity contribution in [2.75, 3.05) is 25.5 Å². The van der Waals surface area contributed by atoms with Gasteiger partial charge in [0.05, 0.1) is 23.7 Å². The molecule has 0 saturated heterocycles. The maximum atomic E-state index is 12.5. The number of sulfonamides is 1. The average molecular weight is 417 g/mol. The molecule has 9 heteroatoms. The number of halogens is 2. The molecule has 2 aromatic rings. The predicted molar refractivity (Wildman–Crippen MR) is 103 cm³/mol. The number of hydrogen-bond donors (Lipinski definition) is 1. The number of rotatable bonds is 7. The van der Waals surface area contributed by atoms with Crippen LogP contribution in [0.2, 0.25) is 10.0 Å². The molecule has 0 atom stereocenters. The molecule has 0 aliphatic carbocycles. The van der Waals surface area contributed by atoms with Crippen LogP contribution in [-0.4, -0.2) is 38.8 Å². The van der Waals surface area contributed by atoms with Crippen molar-refractivity contribution < 1.29 is 17.9 Å². The molecule has 0 spiro atoms. The van der Waals surface area contributed by atoms with E-state index in [4.69, 9.17) is 27.9 Å². The summed E-state index contributed by atoms with van der Waals surface area (Å²) in [6, 6.07) is 10.5. The summed E-state index contributed by atoms with van der Waals surface area (Å²) in [6.45, 7) is 1.85. The lowest BCUT2D eigenvalue weighted by molar-refractivity contribution is -0.116. The first kappa shape index (κ1) is 20.5. The van der Waals surface area contributed by atoms with Gasteiger partial charge in [0.25, 0.3) is 0 Å². The van der Waals surface area contributed by atoms with E-state index in [9.17, 15) is 13.2 Å². The zero-order valence-electron chi connectivity index (χ0n) is 14.2. The van der Waals surface area contributed by atoms with Gasteiger partial charge in [0.15, 0.2) is 0 Å². The number of anilines is 1. The Balaban J connectivity index is 2.12. The summed E-state index contributed by atoms with van der Waals surface area (Å²) in [5.41, 5.74) is 0.377. The van der Waals surface area contributed by atoms with E-state index in [1.165, 1.54) is 37.4 Å². The van der Waals surface area contributed by atoms with Crippen molar-refractivity contribution in [3.63, 3.8) is 0 Å². The van der Waals surface area contributed by atoms with Crippen LogP contribution in [-0.2, 0) is 14.8 Å². The van der Waals surface area contributed by atoms with Gasteiger partial charge in [0, 0.05) is 17.1 Å². The third-order valence-electron chi connectivity index (χ3n) is 3.40. The molecule has 0 bridgehead atoms. The average Bonchev–Trinajstić information content (AvgIpc) is 2.57. The summed E-state index contributed by atoms with van der Waals surface area (Å²) in [6.07, 6.45) is 0. The van der Waals surface area contributed by atoms with Crippen LogP contribution in [0.25, 0.3) is 0 Å². The smallest absolute Gasteiger partial charge is 0.243 e. The molecule has 0 aliphatic heterocycles. The minimum Gasteiger partial charge on any atom is -0.492 e. The minimum absolute atomic E-state index is 0.0509. The van der Waals surface area contributed by atoms with Crippen molar-refractivity contribution in [1.82, 2.24) is 4.31 Å². The molecule has 6 nitrogen and oxygen atoms in total. The number of benzene rings is 2. The van der Waals surface area contributed by atoms with Crippen LogP contribution in [0.1, 0.15) is 6.92 Å². The van der Waals surface area contributed by atoms with Crippen LogP contribution in [0.4, 0.5) is 5.69 Å². The molecular weight excluding hydrogens is 399 g/mol. The van der Waals surface area contributed by atoms with Crippen LogP contribution in [0.5, 0.6) is 5.75 Å². The van der Waals surface area contributed by atoms with Crippen LogP contribution < -0.4 is 10.1 Å². The molecular formula is C17H18Cl2N2O4S. The van der Waals surface area contributed by atoms with Crippen LogP contribution in [0.15, 0.2) is 47.4 Å². The highest BCUT2D eigenvalue weighted by atomic mass is 35.5. The van der Waals surface area contributed by atoms with E-state index in [0.29, 0.717) is 28.1 Å². The maximum Gasteiger partial charge on any atom is 0.243 e. The fourth-order valence-corrected chi connectivity index (χ4v) is 3.57. The standard InChI is InChI=1S/C17H18Cl2N2O4S/c1-3-25-16-9-6-13(19)10-15(16)20-17(22)11-21(2)26(23,24)14-7-4-12(18)5-8-14/h4-10H,3,11H2,1-2H3,(H,20,22). The Bertz CT molecular complexity index is 886. The number of carbonyl (C=O) groups is 1. The van der Waals surface area contributed by atoms with Gasteiger partial charge < -0.3 is 10.1 Å². The number of amides is 1. The second kappa shape index (κ2) is 8.73. The summed E-state index contributed by atoms with van der Waals surface area (Å²) in [7, 11) is -2.49.